The number of ketones is 1. The molecule has 2 aliphatic heterocycles. The largest absolute Gasteiger partial charge is 0.507 e. The zero-order chi connectivity index (χ0) is 26.4. The first-order valence-electron chi connectivity index (χ1n) is 12.5. The number of rotatable bonds is 10. The smallest absolute Gasteiger partial charge is 0.295 e. The number of likely N-dealkylation sites (tertiary alicyclic amines) is 1. The highest BCUT2D eigenvalue weighted by molar-refractivity contribution is 6.46. The standard InChI is InChI=1S/C29H34N2O6/c1-4-16-37-23-10-11-24(20(2)19-23)27(32)25-26(21-6-8-22(35-3)9-7-21)31(29(34)28(25)33)13-5-12-30-14-17-36-18-15-30/h4,6-11,19,26,32H,1,5,12-18H2,2-3H3/t26-/m0/s1. The molecule has 2 aromatic carbocycles. The van der Waals surface area contributed by atoms with E-state index in [1.54, 1.807) is 48.4 Å². The number of methoxy groups -OCH3 is 1. The molecule has 1 N–H and O–H groups in total. The van der Waals surface area contributed by atoms with Crippen molar-refractivity contribution in [3.05, 3.63) is 77.4 Å². The summed E-state index contributed by atoms with van der Waals surface area (Å²) in [4.78, 5) is 30.4. The average molecular weight is 507 g/mol. The number of carbonyl (C=O) groups excluding carboxylic acids is 2. The van der Waals surface area contributed by atoms with Crippen LogP contribution in [0, 0.1) is 6.92 Å². The van der Waals surface area contributed by atoms with E-state index in [1.165, 1.54) is 0 Å². The minimum atomic E-state index is -0.702. The molecule has 4 rings (SSSR count). The number of hydrogen-bond acceptors (Lipinski definition) is 7. The van der Waals surface area contributed by atoms with Crippen LogP contribution in [0.15, 0.2) is 60.7 Å². The first-order chi connectivity index (χ1) is 17.9. The van der Waals surface area contributed by atoms with Crippen molar-refractivity contribution >= 4 is 17.4 Å². The van der Waals surface area contributed by atoms with E-state index >= 15 is 0 Å². The molecule has 0 aromatic heterocycles. The van der Waals surface area contributed by atoms with E-state index in [-0.39, 0.29) is 11.3 Å². The van der Waals surface area contributed by atoms with Crippen LogP contribution in [-0.4, -0.2) is 79.7 Å². The SMILES string of the molecule is C=CCOc1ccc(C(O)=C2C(=O)C(=O)N(CCCN3CCOCC3)[C@H]2c2ccc(OC)cc2)c(C)c1. The molecule has 0 unspecified atom stereocenters. The number of aryl methyl sites for hydroxylation is 1. The van der Waals surface area contributed by atoms with Gasteiger partial charge in [-0.05, 0) is 54.8 Å². The van der Waals surface area contributed by atoms with Gasteiger partial charge in [0.25, 0.3) is 11.7 Å². The first kappa shape index (κ1) is 26.4. The molecule has 1 atom stereocenters. The lowest BCUT2D eigenvalue weighted by atomic mass is 9.93. The highest BCUT2D eigenvalue weighted by atomic mass is 16.5. The predicted molar refractivity (Wildman–Crippen MR) is 141 cm³/mol. The van der Waals surface area contributed by atoms with Gasteiger partial charge >= 0.3 is 0 Å². The summed E-state index contributed by atoms with van der Waals surface area (Å²) in [7, 11) is 1.58. The van der Waals surface area contributed by atoms with Crippen molar-refractivity contribution in [3.8, 4) is 11.5 Å². The van der Waals surface area contributed by atoms with Gasteiger partial charge in [-0.15, -0.1) is 0 Å². The summed E-state index contributed by atoms with van der Waals surface area (Å²) in [5, 5.41) is 11.4. The zero-order valence-corrected chi connectivity index (χ0v) is 21.4. The molecule has 2 saturated heterocycles. The second-order valence-electron chi connectivity index (χ2n) is 9.15. The second-order valence-corrected chi connectivity index (χ2v) is 9.15. The summed E-state index contributed by atoms with van der Waals surface area (Å²) in [6.45, 7) is 10.1. The maximum absolute atomic E-state index is 13.3. The van der Waals surface area contributed by atoms with Gasteiger partial charge in [-0.1, -0.05) is 24.8 Å². The maximum Gasteiger partial charge on any atom is 0.295 e. The quantitative estimate of drug-likeness (QED) is 0.227. The molecule has 2 aliphatic rings. The van der Waals surface area contributed by atoms with Crippen LogP contribution in [0.1, 0.15) is 29.2 Å². The summed E-state index contributed by atoms with van der Waals surface area (Å²) in [5.74, 6) is -0.185. The first-order valence-corrected chi connectivity index (χ1v) is 12.5. The minimum Gasteiger partial charge on any atom is -0.507 e. The summed E-state index contributed by atoms with van der Waals surface area (Å²) in [6, 6.07) is 11.8. The number of benzene rings is 2. The topological polar surface area (TPSA) is 88.5 Å². The molecule has 37 heavy (non-hydrogen) atoms. The predicted octanol–water partition coefficient (Wildman–Crippen LogP) is 3.71. The Morgan fingerprint density at radius 2 is 1.81 bits per heavy atom. The number of morpholine rings is 1. The lowest BCUT2D eigenvalue weighted by Gasteiger charge is -2.29. The van der Waals surface area contributed by atoms with Crippen molar-refractivity contribution in [1.29, 1.82) is 0 Å². The summed E-state index contributed by atoms with van der Waals surface area (Å²) in [5.41, 5.74) is 2.03. The van der Waals surface area contributed by atoms with E-state index < -0.39 is 17.7 Å². The maximum atomic E-state index is 13.3. The van der Waals surface area contributed by atoms with Gasteiger partial charge in [-0.25, -0.2) is 0 Å². The minimum absolute atomic E-state index is 0.0874. The molecule has 0 spiro atoms. The van der Waals surface area contributed by atoms with E-state index in [2.05, 4.69) is 11.5 Å². The van der Waals surface area contributed by atoms with Crippen molar-refractivity contribution in [2.45, 2.75) is 19.4 Å². The van der Waals surface area contributed by atoms with Gasteiger partial charge in [0.2, 0.25) is 0 Å². The third-order valence-electron chi connectivity index (χ3n) is 6.77. The van der Waals surface area contributed by atoms with Crippen LogP contribution in [-0.2, 0) is 14.3 Å². The van der Waals surface area contributed by atoms with E-state index in [0.717, 1.165) is 30.8 Å². The average Bonchev–Trinajstić information content (AvgIpc) is 3.17. The Morgan fingerprint density at radius 3 is 2.46 bits per heavy atom. The monoisotopic (exact) mass is 506 g/mol. The molecule has 2 aromatic rings. The van der Waals surface area contributed by atoms with Crippen molar-refractivity contribution < 1.29 is 28.9 Å². The van der Waals surface area contributed by atoms with E-state index in [4.69, 9.17) is 14.2 Å². The van der Waals surface area contributed by atoms with Crippen LogP contribution in [0.25, 0.3) is 5.76 Å². The molecule has 2 heterocycles. The molecule has 8 nitrogen and oxygen atoms in total. The number of aliphatic hydroxyl groups is 1. The molecule has 0 saturated carbocycles. The molecule has 2 fully saturated rings. The van der Waals surface area contributed by atoms with Gasteiger partial charge in [0.05, 0.1) is 31.9 Å². The van der Waals surface area contributed by atoms with E-state index in [9.17, 15) is 14.7 Å². The summed E-state index contributed by atoms with van der Waals surface area (Å²) >= 11 is 0. The second kappa shape index (κ2) is 12.1. The van der Waals surface area contributed by atoms with Crippen molar-refractivity contribution in [2.24, 2.45) is 0 Å². The molecule has 196 valence electrons. The van der Waals surface area contributed by atoms with Crippen LogP contribution >= 0.6 is 0 Å². The number of carbonyl (C=O) groups is 2. The molecule has 0 aliphatic carbocycles. The van der Waals surface area contributed by atoms with Crippen LogP contribution in [0.2, 0.25) is 0 Å². The molecule has 0 radical (unpaired) electrons. The van der Waals surface area contributed by atoms with Crippen LogP contribution in [0.5, 0.6) is 11.5 Å². The van der Waals surface area contributed by atoms with Gasteiger partial charge in [0.1, 0.15) is 23.9 Å². The number of hydrogen-bond donors (Lipinski definition) is 1. The Hall–Kier alpha value is -3.62. The summed E-state index contributed by atoms with van der Waals surface area (Å²) < 4.78 is 16.3. The normalized spacial score (nSPS) is 19.7. The van der Waals surface area contributed by atoms with E-state index in [0.29, 0.717) is 49.8 Å². The molecular formula is C29H34N2O6. The molecular weight excluding hydrogens is 472 g/mol. The van der Waals surface area contributed by atoms with Gasteiger partial charge in [-0.2, -0.15) is 0 Å². The third kappa shape index (κ3) is 5.87. The number of nitrogens with zero attached hydrogens (tertiary/aromatic N) is 2. The van der Waals surface area contributed by atoms with Gasteiger partial charge < -0.3 is 24.2 Å². The highest BCUT2D eigenvalue weighted by Crippen LogP contribution is 2.40. The fourth-order valence-corrected chi connectivity index (χ4v) is 4.82. The Labute approximate surface area is 217 Å². The highest BCUT2D eigenvalue weighted by Gasteiger charge is 2.46. The molecule has 8 heteroatoms. The lowest BCUT2D eigenvalue weighted by Crippen LogP contribution is -2.38. The Kier molecular flexibility index (Phi) is 8.63. The van der Waals surface area contributed by atoms with Gasteiger partial charge in [-0.3, -0.25) is 14.5 Å². The van der Waals surface area contributed by atoms with Crippen molar-refractivity contribution in [1.82, 2.24) is 9.80 Å². The third-order valence-corrected chi connectivity index (χ3v) is 6.77. The molecule has 0 bridgehead atoms. The van der Waals surface area contributed by atoms with Crippen LogP contribution < -0.4 is 9.47 Å². The van der Waals surface area contributed by atoms with Gasteiger partial charge in [0, 0.05) is 31.7 Å². The zero-order valence-electron chi connectivity index (χ0n) is 21.4. The fraction of sp³-hybridized carbons (Fsp3) is 0.379. The van der Waals surface area contributed by atoms with E-state index in [1.807, 2.05) is 19.1 Å². The number of ether oxygens (including phenoxy) is 3. The van der Waals surface area contributed by atoms with Gasteiger partial charge in [0.15, 0.2) is 0 Å². The number of aliphatic hydroxyl groups excluding tert-OH is 1. The Morgan fingerprint density at radius 1 is 1.11 bits per heavy atom. The summed E-state index contributed by atoms with van der Waals surface area (Å²) in [6.07, 6.45) is 2.35. The molecule has 1 amide bonds. The van der Waals surface area contributed by atoms with Crippen molar-refractivity contribution in [2.75, 3.05) is 53.1 Å². The Balaban J connectivity index is 1.68. The van der Waals surface area contributed by atoms with Crippen LogP contribution in [0.3, 0.4) is 0 Å². The Bertz CT molecular complexity index is 1170. The number of Topliss-reactive ketones (excluding diaryl/α,β-unsaturated/α-hetero) is 1. The van der Waals surface area contributed by atoms with Crippen LogP contribution in [0.4, 0.5) is 0 Å². The fourth-order valence-electron chi connectivity index (χ4n) is 4.82. The number of amides is 1. The van der Waals surface area contributed by atoms with Crippen molar-refractivity contribution in [3.63, 3.8) is 0 Å². The lowest BCUT2D eigenvalue weighted by molar-refractivity contribution is -0.140.